The van der Waals surface area contributed by atoms with E-state index in [1.807, 2.05) is 0 Å². The Labute approximate surface area is 110 Å². The Morgan fingerprint density at radius 1 is 1.42 bits per heavy atom. The minimum Gasteiger partial charge on any atom is -0.463 e. The largest absolute Gasteiger partial charge is 0.463 e. The quantitative estimate of drug-likeness (QED) is 0.749. The first-order chi connectivity index (χ1) is 8.90. The molecule has 1 amide bonds. The van der Waals surface area contributed by atoms with Gasteiger partial charge in [-0.3, -0.25) is 14.4 Å². The van der Waals surface area contributed by atoms with Crippen molar-refractivity contribution in [2.75, 3.05) is 6.54 Å². The molecule has 1 N–H and O–H groups in total. The van der Waals surface area contributed by atoms with E-state index in [9.17, 15) is 14.4 Å². The predicted octanol–water partition coefficient (Wildman–Crippen LogP) is -0.148. The topological polar surface area (TPSA) is 90.3 Å². The van der Waals surface area contributed by atoms with Crippen molar-refractivity contribution < 1.29 is 14.3 Å². The summed E-state index contributed by atoms with van der Waals surface area (Å²) in [6, 6.07) is 2.60. The normalized spacial score (nSPS) is 10.3. The van der Waals surface area contributed by atoms with Crippen molar-refractivity contribution in [3.8, 4) is 0 Å². The van der Waals surface area contributed by atoms with Gasteiger partial charge < -0.3 is 10.1 Å². The van der Waals surface area contributed by atoms with Gasteiger partial charge in [0.2, 0.25) is 0 Å². The molecule has 0 radical (unpaired) electrons. The molecule has 0 unspecified atom stereocenters. The van der Waals surface area contributed by atoms with Crippen LogP contribution in [0.2, 0.25) is 0 Å². The molecule has 1 aromatic heterocycles. The summed E-state index contributed by atoms with van der Waals surface area (Å²) >= 11 is 0. The highest BCUT2D eigenvalue weighted by molar-refractivity contribution is 5.92. The second kappa shape index (κ2) is 6.67. The van der Waals surface area contributed by atoms with Crippen LogP contribution in [0.4, 0.5) is 0 Å². The molecule has 0 aliphatic rings. The van der Waals surface area contributed by atoms with Crippen molar-refractivity contribution in [2.45, 2.75) is 26.4 Å². The number of aryl methyl sites for hydroxylation is 1. The van der Waals surface area contributed by atoms with Gasteiger partial charge in [-0.05, 0) is 19.9 Å². The van der Waals surface area contributed by atoms with Gasteiger partial charge >= 0.3 is 5.97 Å². The number of hydrogen-bond donors (Lipinski definition) is 1. The van der Waals surface area contributed by atoms with Crippen LogP contribution in [-0.2, 0) is 16.6 Å². The lowest BCUT2D eigenvalue weighted by atomic mass is 10.3. The summed E-state index contributed by atoms with van der Waals surface area (Å²) in [4.78, 5) is 34.0. The highest BCUT2D eigenvalue weighted by atomic mass is 16.5. The third-order valence-corrected chi connectivity index (χ3v) is 2.17. The van der Waals surface area contributed by atoms with Crippen LogP contribution in [0.25, 0.3) is 0 Å². The van der Waals surface area contributed by atoms with E-state index in [4.69, 9.17) is 4.74 Å². The first kappa shape index (κ1) is 14.9. The van der Waals surface area contributed by atoms with Crippen molar-refractivity contribution in [1.82, 2.24) is 15.1 Å². The molecule has 1 aromatic rings. The number of nitrogens with one attached hydrogen (secondary N) is 1. The third-order valence-electron chi connectivity index (χ3n) is 2.17. The van der Waals surface area contributed by atoms with Crippen LogP contribution in [0, 0.1) is 0 Å². The first-order valence-corrected chi connectivity index (χ1v) is 5.92. The fourth-order valence-corrected chi connectivity index (χ4v) is 1.31. The van der Waals surface area contributed by atoms with Crippen LogP contribution in [0.5, 0.6) is 0 Å². The van der Waals surface area contributed by atoms with Gasteiger partial charge in [0.1, 0.15) is 5.69 Å². The summed E-state index contributed by atoms with van der Waals surface area (Å²) in [5.74, 6) is -0.809. The first-order valence-electron chi connectivity index (χ1n) is 5.92. The summed E-state index contributed by atoms with van der Waals surface area (Å²) in [6.45, 7) is 3.67. The van der Waals surface area contributed by atoms with Gasteiger partial charge in [-0.25, -0.2) is 4.68 Å². The van der Waals surface area contributed by atoms with Crippen LogP contribution in [0.15, 0.2) is 16.9 Å². The number of nitrogens with zero attached hydrogens (tertiary/aromatic N) is 2. The van der Waals surface area contributed by atoms with Crippen molar-refractivity contribution in [1.29, 1.82) is 0 Å². The third kappa shape index (κ3) is 4.90. The van der Waals surface area contributed by atoms with E-state index in [0.29, 0.717) is 0 Å². The SMILES string of the molecule is CC(C)OC(=O)CCNC(=O)c1ccc(=O)n(C)n1. The Balaban J connectivity index is 2.45. The number of aromatic nitrogens is 2. The van der Waals surface area contributed by atoms with E-state index < -0.39 is 5.91 Å². The van der Waals surface area contributed by atoms with Gasteiger partial charge in [0, 0.05) is 19.7 Å². The molecule has 0 bridgehead atoms. The summed E-state index contributed by atoms with van der Waals surface area (Å²) in [7, 11) is 1.46. The maximum Gasteiger partial charge on any atom is 0.307 e. The molecule has 0 atom stereocenters. The molecular weight excluding hydrogens is 250 g/mol. The number of esters is 1. The molecule has 0 fully saturated rings. The smallest absolute Gasteiger partial charge is 0.307 e. The molecule has 0 aliphatic carbocycles. The molecule has 0 saturated heterocycles. The predicted molar refractivity (Wildman–Crippen MR) is 67.7 cm³/mol. The molecule has 7 heteroatoms. The summed E-state index contributed by atoms with van der Waals surface area (Å²) in [6.07, 6.45) is -0.0797. The molecule has 0 spiro atoms. The monoisotopic (exact) mass is 267 g/mol. The number of carbonyl (C=O) groups is 2. The molecule has 1 heterocycles. The number of rotatable bonds is 5. The summed E-state index contributed by atoms with van der Waals surface area (Å²) in [5, 5.41) is 6.33. The van der Waals surface area contributed by atoms with E-state index >= 15 is 0 Å². The van der Waals surface area contributed by atoms with Gasteiger partial charge in [0.05, 0.1) is 12.5 Å². The molecule has 19 heavy (non-hydrogen) atoms. The van der Waals surface area contributed by atoms with E-state index in [0.717, 1.165) is 4.68 Å². The van der Waals surface area contributed by atoms with Gasteiger partial charge in [0.15, 0.2) is 0 Å². The second-order valence-corrected chi connectivity index (χ2v) is 4.22. The Morgan fingerprint density at radius 3 is 2.68 bits per heavy atom. The average Bonchev–Trinajstić information content (AvgIpc) is 2.31. The zero-order valence-corrected chi connectivity index (χ0v) is 11.2. The highest BCUT2D eigenvalue weighted by Gasteiger charge is 2.10. The van der Waals surface area contributed by atoms with Crippen molar-refractivity contribution in [3.63, 3.8) is 0 Å². The molecule has 0 saturated carbocycles. The molecule has 7 nitrogen and oxygen atoms in total. The molecule has 1 rings (SSSR count). The molecule has 0 aromatic carbocycles. The Morgan fingerprint density at radius 2 is 2.11 bits per heavy atom. The molecular formula is C12H17N3O4. The van der Waals surface area contributed by atoms with E-state index in [1.165, 1.54) is 19.2 Å². The van der Waals surface area contributed by atoms with Gasteiger partial charge in [-0.15, -0.1) is 0 Å². The maximum atomic E-state index is 11.7. The lowest BCUT2D eigenvalue weighted by Gasteiger charge is -2.08. The molecule has 104 valence electrons. The minimum absolute atomic E-state index is 0.0929. The van der Waals surface area contributed by atoms with Crippen molar-refractivity contribution in [3.05, 3.63) is 28.2 Å². The lowest BCUT2D eigenvalue weighted by Crippen LogP contribution is -2.30. The van der Waals surface area contributed by atoms with Gasteiger partial charge in [-0.1, -0.05) is 0 Å². The van der Waals surface area contributed by atoms with Crippen LogP contribution >= 0.6 is 0 Å². The van der Waals surface area contributed by atoms with Crippen LogP contribution < -0.4 is 10.9 Å². The lowest BCUT2D eigenvalue weighted by molar-refractivity contribution is -0.147. The Kier molecular flexibility index (Phi) is 5.23. The summed E-state index contributed by atoms with van der Waals surface area (Å²) < 4.78 is 5.99. The van der Waals surface area contributed by atoms with Crippen molar-refractivity contribution in [2.24, 2.45) is 7.05 Å². The number of carbonyl (C=O) groups excluding carboxylic acids is 2. The average molecular weight is 267 g/mol. The highest BCUT2D eigenvalue weighted by Crippen LogP contribution is 1.94. The van der Waals surface area contributed by atoms with Crippen LogP contribution in [-0.4, -0.2) is 34.3 Å². The second-order valence-electron chi connectivity index (χ2n) is 4.22. The van der Waals surface area contributed by atoms with Crippen LogP contribution in [0.1, 0.15) is 30.8 Å². The van der Waals surface area contributed by atoms with Crippen LogP contribution in [0.3, 0.4) is 0 Å². The number of hydrogen-bond acceptors (Lipinski definition) is 5. The maximum absolute atomic E-state index is 11.7. The fourth-order valence-electron chi connectivity index (χ4n) is 1.31. The Bertz CT molecular complexity index is 522. The van der Waals surface area contributed by atoms with Crippen molar-refractivity contribution >= 4 is 11.9 Å². The Hall–Kier alpha value is -2.18. The van der Waals surface area contributed by atoms with E-state index in [2.05, 4.69) is 10.4 Å². The minimum atomic E-state index is -0.437. The summed E-state index contributed by atoms with van der Waals surface area (Å²) in [5.41, 5.74) is -0.170. The zero-order valence-electron chi connectivity index (χ0n) is 11.2. The van der Waals surface area contributed by atoms with Gasteiger partial charge in [0.25, 0.3) is 11.5 Å². The van der Waals surface area contributed by atoms with E-state index in [-0.39, 0.29) is 36.3 Å². The zero-order chi connectivity index (χ0) is 14.4. The molecule has 0 aliphatic heterocycles. The fraction of sp³-hybridized carbons (Fsp3) is 0.500. The number of amides is 1. The van der Waals surface area contributed by atoms with Gasteiger partial charge in [-0.2, -0.15) is 5.10 Å². The van der Waals surface area contributed by atoms with E-state index in [1.54, 1.807) is 13.8 Å². The number of ether oxygens (including phenoxy) is 1. The standard InChI is InChI=1S/C12H17N3O4/c1-8(2)19-11(17)6-7-13-12(18)9-4-5-10(16)15(3)14-9/h4-5,8H,6-7H2,1-3H3,(H,13,18).